The Morgan fingerprint density at radius 2 is 2.05 bits per heavy atom. The Bertz CT molecular complexity index is 507. The first-order valence-corrected chi connectivity index (χ1v) is 7.46. The van der Waals surface area contributed by atoms with Gasteiger partial charge in [-0.25, -0.2) is 4.98 Å². The first-order valence-electron chi connectivity index (χ1n) is 7.46. The lowest BCUT2D eigenvalue weighted by Gasteiger charge is -1.99. The van der Waals surface area contributed by atoms with Crippen LogP contribution in [0.3, 0.4) is 0 Å². The highest BCUT2D eigenvalue weighted by molar-refractivity contribution is 5.85. The second-order valence-electron chi connectivity index (χ2n) is 5.18. The van der Waals surface area contributed by atoms with E-state index in [1.807, 2.05) is 4.68 Å². The Labute approximate surface area is 131 Å². The minimum absolute atomic E-state index is 0. The summed E-state index contributed by atoms with van der Waals surface area (Å²) in [5, 5.41) is 8.38. The average molecular weight is 313 g/mol. The summed E-state index contributed by atoms with van der Waals surface area (Å²) in [5.74, 6) is 0.482. The van der Waals surface area contributed by atoms with Crippen molar-refractivity contribution in [3.8, 4) is 0 Å². The highest BCUT2D eigenvalue weighted by Crippen LogP contribution is 2.06. The van der Waals surface area contributed by atoms with Crippen LogP contribution >= 0.6 is 12.4 Å². The van der Waals surface area contributed by atoms with Crippen molar-refractivity contribution in [1.29, 1.82) is 0 Å². The van der Waals surface area contributed by atoms with Crippen LogP contribution in [-0.2, 0) is 19.4 Å². The summed E-state index contributed by atoms with van der Waals surface area (Å²) in [6.07, 6.45) is 11.9. The van der Waals surface area contributed by atoms with Crippen LogP contribution in [0.4, 0.5) is 5.95 Å². The molecule has 0 saturated heterocycles. The van der Waals surface area contributed by atoms with Gasteiger partial charge in [0, 0.05) is 18.4 Å². The second-order valence-corrected chi connectivity index (χ2v) is 5.18. The molecule has 0 aliphatic heterocycles. The van der Waals surface area contributed by atoms with Gasteiger partial charge in [0.25, 0.3) is 0 Å². The highest BCUT2D eigenvalue weighted by atomic mass is 35.5. The van der Waals surface area contributed by atoms with Crippen LogP contribution in [0.25, 0.3) is 0 Å². The Hall–Kier alpha value is -1.56. The van der Waals surface area contributed by atoms with E-state index in [0.29, 0.717) is 5.95 Å². The molecule has 0 fully saturated rings. The summed E-state index contributed by atoms with van der Waals surface area (Å²) in [6, 6.07) is 0. The topological polar surface area (TPSA) is 85.4 Å². The van der Waals surface area contributed by atoms with Gasteiger partial charge in [-0.1, -0.05) is 31.4 Å². The molecule has 2 aromatic heterocycles. The maximum Gasteiger partial charge on any atom is 0.197 e. The summed E-state index contributed by atoms with van der Waals surface area (Å²) in [4.78, 5) is 7.01. The number of rotatable bonds is 9. The van der Waals surface area contributed by atoms with Crippen LogP contribution < -0.4 is 5.73 Å². The lowest BCUT2D eigenvalue weighted by Crippen LogP contribution is -2.00. The first kappa shape index (κ1) is 17.5. The third-order valence-electron chi connectivity index (χ3n) is 3.35. The molecule has 0 aliphatic rings. The molecule has 0 aliphatic carbocycles. The van der Waals surface area contributed by atoms with Gasteiger partial charge in [-0.15, -0.1) is 17.5 Å². The fourth-order valence-electron chi connectivity index (χ4n) is 2.23. The number of nitrogen functional groups attached to an aromatic ring is 1. The summed E-state index contributed by atoms with van der Waals surface area (Å²) < 4.78 is 1.93. The van der Waals surface area contributed by atoms with E-state index >= 15 is 0 Å². The number of anilines is 1. The monoisotopic (exact) mass is 312 g/mol. The van der Waals surface area contributed by atoms with Gasteiger partial charge >= 0.3 is 0 Å². The van der Waals surface area contributed by atoms with E-state index in [4.69, 9.17) is 5.73 Å². The molecule has 6 nitrogen and oxygen atoms in total. The van der Waals surface area contributed by atoms with Crippen LogP contribution in [0.1, 0.15) is 50.4 Å². The predicted octanol–water partition coefficient (Wildman–Crippen LogP) is 2.76. The average Bonchev–Trinajstić information content (AvgIpc) is 3.05. The van der Waals surface area contributed by atoms with E-state index < -0.39 is 0 Å². The molecular formula is C14H25ClN6. The van der Waals surface area contributed by atoms with E-state index in [1.165, 1.54) is 25.7 Å². The summed E-state index contributed by atoms with van der Waals surface area (Å²) in [5.41, 5.74) is 7.71. The van der Waals surface area contributed by atoms with Crippen molar-refractivity contribution in [2.75, 3.05) is 5.73 Å². The van der Waals surface area contributed by atoms with Gasteiger partial charge in [0.1, 0.15) is 0 Å². The standard InChI is InChI=1S/C14H24N6.ClH/c1-2-3-4-5-7-13-11-20(19-18-13)9-6-8-12-10-16-14(15)17-12;/h10-11H,2-9H2,1H3,(H3,15,16,17);1H. The number of nitrogens with zero attached hydrogens (tertiary/aromatic N) is 4. The lowest BCUT2D eigenvalue weighted by atomic mass is 10.1. The lowest BCUT2D eigenvalue weighted by molar-refractivity contribution is 0.556. The Morgan fingerprint density at radius 1 is 1.19 bits per heavy atom. The SMILES string of the molecule is CCCCCCc1cn(CCCc2cnc(N)[nH]2)nn1.Cl. The van der Waals surface area contributed by atoms with Gasteiger partial charge in [0.05, 0.1) is 11.9 Å². The van der Waals surface area contributed by atoms with Crippen LogP contribution in [0, 0.1) is 0 Å². The number of H-pyrrole nitrogens is 1. The number of aromatic nitrogens is 5. The molecule has 2 aromatic rings. The molecular weight excluding hydrogens is 288 g/mol. The quantitative estimate of drug-likeness (QED) is 0.697. The predicted molar refractivity (Wildman–Crippen MR) is 86.4 cm³/mol. The molecule has 2 rings (SSSR count). The highest BCUT2D eigenvalue weighted by Gasteiger charge is 2.02. The zero-order chi connectivity index (χ0) is 14.2. The van der Waals surface area contributed by atoms with Crippen molar-refractivity contribution in [2.24, 2.45) is 0 Å². The van der Waals surface area contributed by atoms with Crippen molar-refractivity contribution in [3.63, 3.8) is 0 Å². The molecule has 118 valence electrons. The molecule has 0 unspecified atom stereocenters. The first-order chi connectivity index (χ1) is 9.78. The summed E-state index contributed by atoms with van der Waals surface area (Å²) in [7, 11) is 0. The zero-order valence-corrected chi connectivity index (χ0v) is 13.4. The molecule has 0 saturated carbocycles. The van der Waals surface area contributed by atoms with Gasteiger partial charge in [-0.3, -0.25) is 4.68 Å². The van der Waals surface area contributed by atoms with E-state index in [9.17, 15) is 0 Å². The Morgan fingerprint density at radius 3 is 2.76 bits per heavy atom. The molecule has 0 radical (unpaired) electrons. The number of hydrogen-bond donors (Lipinski definition) is 2. The number of nitrogens with two attached hydrogens (primary N) is 1. The molecule has 0 aromatic carbocycles. The number of unbranched alkanes of at least 4 members (excludes halogenated alkanes) is 3. The smallest absolute Gasteiger partial charge is 0.197 e. The maximum absolute atomic E-state index is 5.54. The number of aromatic amines is 1. The van der Waals surface area contributed by atoms with Crippen molar-refractivity contribution in [1.82, 2.24) is 25.0 Å². The third kappa shape index (κ3) is 6.16. The molecule has 0 amide bonds. The Kier molecular flexibility index (Phi) is 7.82. The fraction of sp³-hybridized carbons (Fsp3) is 0.643. The molecule has 2 heterocycles. The van der Waals surface area contributed by atoms with Gasteiger partial charge in [0.15, 0.2) is 5.95 Å². The number of nitrogens with one attached hydrogen (secondary N) is 1. The summed E-state index contributed by atoms with van der Waals surface area (Å²) in [6.45, 7) is 3.10. The number of aryl methyl sites for hydroxylation is 3. The van der Waals surface area contributed by atoms with Crippen molar-refractivity contribution >= 4 is 18.4 Å². The minimum Gasteiger partial charge on any atom is -0.369 e. The number of hydrogen-bond acceptors (Lipinski definition) is 4. The maximum atomic E-state index is 5.54. The number of imidazole rings is 1. The second kappa shape index (κ2) is 9.39. The molecule has 0 atom stereocenters. The van der Waals surface area contributed by atoms with E-state index in [0.717, 1.165) is 37.2 Å². The van der Waals surface area contributed by atoms with Gasteiger partial charge < -0.3 is 10.7 Å². The molecule has 7 heteroatoms. The van der Waals surface area contributed by atoms with Crippen LogP contribution in [0.15, 0.2) is 12.4 Å². The van der Waals surface area contributed by atoms with Gasteiger partial charge in [-0.05, 0) is 25.7 Å². The van der Waals surface area contributed by atoms with Crippen LogP contribution in [-0.4, -0.2) is 25.0 Å². The normalized spacial score (nSPS) is 10.5. The van der Waals surface area contributed by atoms with Crippen LogP contribution in [0.5, 0.6) is 0 Å². The van der Waals surface area contributed by atoms with Crippen molar-refractivity contribution < 1.29 is 0 Å². The van der Waals surface area contributed by atoms with Crippen molar-refractivity contribution in [2.45, 2.75) is 58.4 Å². The molecule has 0 bridgehead atoms. The molecule has 0 spiro atoms. The number of halogens is 1. The fourth-order valence-corrected chi connectivity index (χ4v) is 2.23. The van der Waals surface area contributed by atoms with Gasteiger partial charge in [0.2, 0.25) is 0 Å². The third-order valence-corrected chi connectivity index (χ3v) is 3.35. The van der Waals surface area contributed by atoms with Crippen molar-refractivity contribution in [3.05, 3.63) is 23.8 Å². The van der Waals surface area contributed by atoms with Gasteiger partial charge in [-0.2, -0.15) is 0 Å². The van der Waals surface area contributed by atoms with Crippen LogP contribution in [0.2, 0.25) is 0 Å². The Balaban J connectivity index is 0.00000220. The van der Waals surface area contributed by atoms with E-state index in [-0.39, 0.29) is 12.4 Å². The summed E-state index contributed by atoms with van der Waals surface area (Å²) >= 11 is 0. The largest absolute Gasteiger partial charge is 0.369 e. The van der Waals surface area contributed by atoms with E-state index in [1.54, 1.807) is 6.20 Å². The van der Waals surface area contributed by atoms with E-state index in [2.05, 4.69) is 33.4 Å². The molecule has 3 N–H and O–H groups in total. The minimum atomic E-state index is 0. The zero-order valence-electron chi connectivity index (χ0n) is 12.6. The molecule has 21 heavy (non-hydrogen) atoms.